The van der Waals surface area contributed by atoms with Crippen molar-refractivity contribution in [3.63, 3.8) is 0 Å². The van der Waals surface area contributed by atoms with Crippen molar-refractivity contribution < 1.29 is 18.7 Å². The molecule has 1 aliphatic heterocycles. The van der Waals surface area contributed by atoms with Crippen LogP contribution < -0.4 is 15.0 Å². The second-order valence-corrected chi connectivity index (χ2v) is 5.81. The van der Waals surface area contributed by atoms with Gasteiger partial charge in [0.2, 0.25) is 5.91 Å². The molecule has 0 aromatic heterocycles. The molecule has 1 saturated heterocycles. The van der Waals surface area contributed by atoms with Crippen LogP contribution in [0.2, 0.25) is 0 Å². The molecule has 0 aliphatic carbocycles. The fraction of sp³-hybridized carbons (Fsp3) is 0.263. The number of hydrogen-bond acceptors (Lipinski definition) is 3. The van der Waals surface area contributed by atoms with Gasteiger partial charge in [-0.05, 0) is 55.5 Å². The normalized spacial score (nSPS) is 16.8. The smallest absolute Gasteiger partial charge is 0.251 e. The molecule has 0 saturated carbocycles. The van der Waals surface area contributed by atoms with Crippen molar-refractivity contribution in [3.05, 3.63) is 59.9 Å². The first kappa shape index (κ1) is 17.0. The monoisotopic (exact) mass is 342 g/mol. The van der Waals surface area contributed by atoms with Crippen LogP contribution in [0.25, 0.3) is 0 Å². The Hall–Kier alpha value is -2.89. The van der Waals surface area contributed by atoms with Crippen LogP contribution in [0.3, 0.4) is 0 Å². The molecule has 2 amide bonds. The first-order valence-corrected chi connectivity index (χ1v) is 8.16. The molecule has 25 heavy (non-hydrogen) atoms. The van der Waals surface area contributed by atoms with Crippen LogP contribution in [0.4, 0.5) is 10.1 Å². The molecule has 1 N–H and O–H groups in total. The Morgan fingerprint density at radius 3 is 2.52 bits per heavy atom. The van der Waals surface area contributed by atoms with Gasteiger partial charge in [0.15, 0.2) is 0 Å². The average Bonchev–Trinajstić information content (AvgIpc) is 2.97. The van der Waals surface area contributed by atoms with Crippen LogP contribution in [0.15, 0.2) is 48.5 Å². The van der Waals surface area contributed by atoms with Gasteiger partial charge in [-0.25, -0.2) is 4.39 Å². The van der Waals surface area contributed by atoms with Crippen LogP contribution in [-0.4, -0.2) is 31.0 Å². The lowest BCUT2D eigenvalue weighted by Gasteiger charge is -2.17. The van der Waals surface area contributed by atoms with Gasteiger partial charge >= 0.3 is 0 Å². The predicted octanol–water partition coefficient (Wildman–Crippen LogP) is 2.76. The fourth-order valence-electron chi connectivity index (χ4n) is 2.81. The predicted molar refractivity (Wildman–Crippen MR) is 92.2 cm³/mol. The molecule has 0 radical (unpaired) electrons. The Bertz CT molecular complexity index is 759. The highest BCUT2D eigenvalue weighted by Crippen LogP contribution is 2.22. The maximum Gasteiger partial charge on any atom is 0.251 e. The summed E-state index contributed by atoms with van der Waals surface area (Å²) in [7, 11) is 0. The van der Waals surface area contributed by atoms with Gasteiger partial charge in [0.05, 0.1) is 12.6 Å². The first-order chi connectivity index (χ1) is 12.1. The molecule has 0 unspecified atom stereocenters. The molecule has 3 rings (SSSR count). The minimum Gasteiger partial charge on any atom is -0.494 e. The number of nitrogens with one attached hydrogen (secondary N) is 1. The van der Waals surface area contributed by atoms with Crippen molar-refractivity contribution in [2.45, 2.75) is 19.4 Å². The van der Waals surface area contributed by atoms with Gasteiger partial charge in [0.25, 0.3) is 5.91 Å². The molecule has 1 atom stereocenters. The molecule has 5 nitrogen and oxygen atoms in total. The summed E-state index contributed by atoms with van der Waals surface area (Å²) in [5, 5.41) is 2.87. The highest BCUT2D eigenvalue weighted by Gasteiger charge is 2.31. The minimum atomic E-state index is -0.351. The van der Waals surface area contributed by atoms with Gasteiger partial charge in [-0.1, -0.05) is 0 Å². The number of amides is 2. The van der Waals surface area contributed by atoms with Gasteiger partial charge in [0.1, 0.15) is 11.6 Å². The number of halogens is 1. The number of nitrogens with zero attached hydrogens (tertiary/aromatic N) is 1. The maximum atomic E-state index is 13.0. The largest absolute Gasteiger partial charge is 0.494 e. The van der Waals surface area contributed by atoms with E-state index in [9.17, 15) is 14.0 Å². The molecule has 1 heterocycles. The lowest BCUT2D eigenvalue weighted by Crippen LogP contribution is -2.37. The van der Waals surface area contributed by atoms with E-state index < -0.39 is 0 Å². The van der Waals surface area contributed by atoms with Gasteiger partial charge in [-0.3, -0.25) is 9.59 Å². The summed E-state index contributed by atoms with van der Waals surface area (Å²) < 4.78 is 18.4. The van der Waals surface area contributed by atoms with E-state index in [1.54, 1.807) is 41.3 Å². The summed E-state index contributed by atoms with van der Waals surface area (Å²) in [6, 6.07) is 12.3. The van der Waals surface area contributed by atoms with Gasteiger partial charge in [0, 0.05) is 24.2 Å². The first-order valence-electron chi connectivity index (χ1n) is 8.16. The summed E-state index contributed by atoms with van der Waals surface area (Å²) in [6.07, 6.45) is 0.222. The van der Waals surface area contributed by atoms with E-state index in [0.29, 0.717) is 30.2 Å². The molecule has 1 aliphatic rings. The second-order valence-electron chi connectivity index (χ2n) is 5.81. The lowest BCUT2D eigenvalue weighted by atomic mass is 10.2. The molecule has 130 valence electrons. The number of anilines is 1. The van der Waals surface area contributed by atoms with E-state index >= 15 is 0 Å². The van der Waals surface area contributed by atoms with E-state index in [1.807, 2.05) is 6.92 Å². The van der Waals surface area contributed by atoms with Crippen molar-refractivity contribution in [1.82, 2.24) is 5.32 Å². The molecule has 2 aromatic rings. The minimum absolute atomic E-state index is 0.0939. The van der Waals surface area contributed by atoms with Crippen molar-refractivity contribution in [2.24, 2.45) is 0 Å². The van der Waals surface area contributed by atoms with E-state index in [4.69, 9.17) is 4.74 Å². The Balaban J connectivity index is 1.62. The summed E-state index contributed by atoms with van der Waals surface area (Å²) in [5.74, 6) is 0.0266. The summed E-state index contributed by atoms with van der Waals surface area (Å²) in [6.45, 7) is 2.83. The van der Waals surface area contributed by atoms with E-state index in [-0.39, 0.29) is 30.1 Å². The summed E-state index contributed by atoms with van der Waals surface area (Å²) in [5.41, 5.74) is 1.14. The molecule has 0 bridgehead atoms. The highest BCUT2D eigenvalue weighted by molar-refractivity contribution is 5.99. The number of rotatable bonds is 5. The van der Waals surface area contributed by atoms with Crippen LogP contribution in [-0.2, 0) is 4.79 Å². The highest BCUT2D eigenvalue weighted by atomic mass is 19.1. The third-order valence-corrected chi connectivity index (χ3v) is 4.03. The molecular formula is C19H19FN2O3. The Kier molecular flexibility index (Phi) is 4.97. The van der Waals surface area contributed by atoms with Crippen molar-refractivity contribution in [2.75, 3.05) is 18.1 Å². The van der Waals surface area contributed by atoms with E-state index in [2.05, 4.69) is 5.32 Å². The SMILES string of the molecule is CCOc1ccc(C(=O)N[C@@H]2CC(=O)N(c3ccc(F)cc3)C2)cc1. The second kappa shape index (κ2) is 7.34. The Labute approximate surface area is 145 Å². The number of carbonyl (C=O) groups excluding carboxylic acids is 2. The fourth-order valence-corrected chi connectivity index (χ4v) is 2.81. The van der Waals surface area contributed by atoms with Crippen LogP contribution in [0, 0.1) is 5.82 Å². The van der Waals surface area contributed by atoms with Crippen molar-refractivity contribution >= 4 is 17.5 Å². The Morgan fingerprint density at radius 2 is 1.88 bits per heavy atom. The number of carbonyl (C=O) groups is 2. The van der Waals surface area contributed by atoms with Crippen molar-refractivity contribution in [3.8, 4) is 5.75 Å². The lowest BCUT2D eigenvalue weighted by molar-refractivity contribution is -0.117. The number of benzene rings is 2. The molecule has 6 heteroatoms. The zero-order valence-electron chi connectivity index (χ0n) is 13.9. The van der Waals surface area contributed by atoms with Crippen LogP contribution >= 0.6 is 0 Å². The summed E-state index contributed by atoms with van der Waals surface area (Å²) in [4.78, 5) is 26.1. The van der Waals surface area contributed by atoms with Gasteiger partial charge in [-0.2, -0.15) is 0 Å². The third kappa shape index (κ3) is 3.96. The van der Waals surface area contributed by atoms with Gasteiger partial charge in [-0.15, -0.1) is 0 Å². The van der Waals surface area contributed by atoms with Crippen LogP contribution in [0.1, 0.15) is 23.7 Å². The quantitative estimate of drug-likeness (QED) is 0.909. The zero-order valence-corrected chi connectivity index (χ0v) is 13.9. The third-order valence-electron chi connectivity index (χ3n) is 4.03. The molecule has 1 fully saturated rings. The maximum absolute atomic E-state index is 13.0. The summed E-state index contributed by atoms with van der Waals surface area (Å²) >= 11 is 0. The Morgan fingerprint density at radius 1 is 1.20 bits per heavy atom. The standard InChI is InChI=1S/C19H19FN2O3/c1-2-25-17-9-3-13(4-10-17)19(24)21-15-11-18(23)22(12-15)16-7-5-14(20)6-8-16/h3-10,15H,2,11-12H2,1H3,(H,21,24)/t15-/m1/s1. The number of hydrogen-bond donors (Lipinski definition) is 1. The molecular weight excluding hydrogens is 323 g/mol. The average molecular weight is 342 g/mol. The topological polar surface area (TPSA) is 58.6 Å². The van der Waals surface area contributed by atoms with E-state index in [1.165, 1.54) is 12.1 Å². The van der Waals surface area contributed by atoms with Crippen LogP contribution in [0.5, 0.6) is 5.75 Å². The molecule has 2 aromatic carbocycles. The molecule has 0 spiro atoms. The van der Waals surface area contributed by atoms with Crippen molar-refractivity contribution in [1.29, 1.82) is 0 Å². The van der Waals surface area contributed by atoms with E-state index in [0.717, 1.165) is 0 Å². The zero-order chi connectivity index (χ0) is 17.8. The number of ether oxygens (including phenoxy) is 1. The van der Waals surface area contributed by atoms with Gasteiger partial charge < -0.3 is 15.0 Å².